The van der Waals surface area contributed by atoms with Gasteiger partial charge in [-0.3, -0.25) is 4.79 Å². The molecule has 0 fully saturated rings. The largest absolute Gasteiger partial charge is 0.495 e. The van der Waals surface area contributed by atoms with E-state index in [1.165, 1.54) is 19.4 Å². The number of nitrogens with zero attached hydrogens (tertiary/aromatic N) is 1. The van der Waals surface area contributed by atoms with E-state index in [4.69, 9.17) is 33.7 Å². The van der Waals surface area contributed by atoms with E-state index in [2.05, 4.69) is 10.3 Å². The Morgan fingerprint density at radius 1 is 1.30 bits per heavy atom. The molecule has 1 heterocycles. The Balaban J connectivity index is 2.23. The van der Waals surface area contributed by atoms with Crippen LogP contribution in [0.2, 0.25) is 10.0 Å². The number of nitrogen functional groups attached to an aromatic ring is 1. The smallest absolute Gasteiger partial charge is 0.257 e. The van der Waals surface area contributed by atoms with E-state index >= 15 is 0 Å². The minimum absolute atomic E-state index is 0.215. The number of pyridine rings is 1. The molecule has 0 saturated heterocycles. The molecule has 2 rings (SSSR count). The Bertz CT molecular complexity index is 662. The summed E-state index contributed by atoms with van der Waals surface area (Å²) in [6, 6.07) is 6.31. The van der Waals surface area contributed by atoms with Crippen molar-refractivity contribution >= 4 is 40.6 Å². The second-order valence-corrected chi connectivity index (χ2v) is 4.71. The number of nitrogens with one attached hydrogen (secondary N) is 1. The van der Waals surface area contributed by atoms with Crippen LogP contribution in [-0.4, -0.2) is 18.0 Å². The van der Waals surface area contributed by atoms with Crippen molar-refractivity contribution in [3.8, 4) is 5.75 Å². The number of rotatable bonds is 3. The van der Waals surface area contributed by atoms with Crippen molar-refractivity contribution in [2.45, 2.75) is 0 Å². The summed E-state index contributed by atoms with van der Waals surface area (Å²) >= 11 is 11.9. The molecule has 5 nitrogen and oxygen atoms in total. The summed E-state index contributed by atoms with van der Waals surface area (Å²) in [5.74, 6) is 0.341. The number of hydrogen-bond donors (Lipinski definition) is 2. The zero-order chi connectivity index (χ0) is 14.7. The number of nitrogens with two attached hydrogens (primary N) is 1. The molecule has 1 amide bonds. The van der Waals surface area contributed by atoms with E-state index in [-0.39, 0.29) is 16.4 Å². The lowest BCUT2D eigenvalue weighted by Gasteiger charge is -2.09. The van der Waals surface area contributed by atoms with Gasteiger partial charge in [0.25, 0.3) is 5.91 Å². The number of ether oxygens (including phenoxy) is 1. The van der Waals surface area contributed by atoms with E-state index in [1.54, 1.807) is 18.2 Å². The standard InChI is InChI=1S/C13H11Cl2N3O2/c1-20-11-3-2-7(4-9(11)14)18-13(19)8-5-12(16)17-6-10(8)15/h2-6H,1H3,(H2,16,17)(H,18,19). The second kappa shape index (κ2) is 5.98. The van der Waals surface area contributed by atoms with Crippen molar-refractivity contribution in [2.24, 2.45) is 0 Å². The van der Waals surface area contributed by atoms with Gasteiger partial charge in [0.05, 0.1) is 22.7 Å². The Kier molecular flexibility index (Phi) is 4.32. The molecular formula is C13H11Cl2N3O2. The topological polar surface area (TPSA) is 77.2 Å². The first kappa shape index (κ1) is 14.4. The first-order valence-corrected chi connectivity index (χ1v) is 6.32. The maximum Gasteiger partial charge on any atom is 0.257 e. The maximum absolute atomic E-state index is 12.1. The van der Waals surface area contributed by atoms with Gasteiger partial charge in [-0.25, -0.2) is 4.98 Å². The molecule has 104 valence electrons. The number of halogens is 2. The quantitative estimate of drug-likeness (QED) is 0.912. The lowest BCUT2D eigenvalue weighted by atomic mass is 10.2. The second-order valence-electron chi connectivity index (χ2n) is 3.89. The van der Waals surface area contributed by atoms with E-state index in [0.29, 0.717) is 16.5 Å². The number of carbonyl (C=O) groups excluding carboxylic acids is 1. The lowest BCUT2D eigenvalue weighted by Crippen LogP contribution is -2.13. The van der Waals surface area contributed by atoms with Gasteiger partial charge in [-0.2, -0.15) is 0 Å². The van der Waals surface area contributed by atoms with Crippen LogP contribution in [0.15, 0.2) is 30.5 Å². The molecule has 0 bridgehead atoms. The molecule has 3 N–H and O–H groups in total. The average molecular weight is 312 g/mol. The Labute approximate surface area is 125 Å². The predicted octanol–water partition coefficient (Wildman–Crippen LogP) is 3.23. The molecule has 1 aromatic heterocycles. The van der Waals surface area contributed by atoms with Crippen molar-refractivity contribution < 1.29 is 9.53 Å². The first-order chi connectivity index (χ1) is 9.51. The predicted molar refractivity (Wildman–Crippen MR) is 79.6 cm³/mol. The van der Waals surface area contributed by atoms with E-state index in [9.17, 15) is 4.79 Å². The fraction of sp³-hybridized carbons (Fsp3) is 0.0769. The summed E-state index contributed by atoms with van der Waals surface area (Å²) in [6.45, 7) is 0. The molecule has 0 saturated carbocycles. The minimum Gasteiger partial charge on any atom is -0.495 e. The summed E-state index contributed by atoms with van der Waals surface area (Å²) in [4.78, 5) is 15.9. The minimum atomic E-state index is -0.398. The van der Waals surface area contributed by atoms with Gasteiger partial charge in [-0.05, 0) is 24.3 Å². The van der Waals surface area contributed by atoms with E-state index in [1.807, 2.05) is 0 Å². The summed E-state index contributed by atoms with van der Waals surface area (Å²) in [7, 11) is 1.51. The Morgan fingerprint density at radius 3 is 2.70 bits per heavy atom. The van der Waals surface area contributed by atoms with Crippen molar-refractivity contribution in [1.82, 2.24) is 4.98 Å². The van der Waals surface area contributed by atoms with Crippen LogP contribution in [0.25, 0.3) is 0 Å². The molecule has 0 unspecified atom stereocenters. The molecule has 2 aromatic rings. The van der Waals surface area contributed by atoms with Gasteiger partial charge < -0.3 is 15.8 Å². The van der Waals surface area contributed by atoms with Gasteiger partial charge in [0.2, 0.25) is 0 Å². The third-order valence-electron chi connectivity index (χ3n) is 2.53. The monoisotopic (exact) mass is 311 g/mol. The fourth-order valence-electron chi connectivity index (χ4n) is 1.57. The molecule has 1 aromatic carbocycles. The van der Waals surface area contributed by atoms with Gasteiger partial charge in [0.1, 0.15) is 11.6 Å². The molecule has 0 aliphatic rings. The van der Waals surface area contributed by atoms with Gasteiger partial charge in [-0.1, -0.05) is 23.2 Å². The van der Waals surface area contributed by atoms with Crippen molar-refractivity contribution in [1.29, 1.82) is 0 Å². The zero-order valence-electron chi connectivity index (χ0n) is 10.5. The molecular weight excluding hydrogens is 301 g/mol. The maximum atomic E-state index is 12.1. The van der Waals surface area contributed by atoms with Crippen LogP contribution in [0, 0.1) is 0 Å². The van der Waals surface area contributed by atoms with Crippen LogP contribution in [0.3, 0.4) is 0 Å². The van der Waals surface area contributed by atoms with Crippen LogP contribution in [0.1, 0.15) is 10.4 Å². The molecule has 0 radical (unpaired) electrons. The number of hydrogen-bond acceptors (Lipinski definition) is 4. The van der Waals surface area contributed by atoms with Gasteiger partial charge in [0, 0.05) is 11.9 Å². The number of benzene rings is 1. The van der Waals surface area contributed by atoms with Crippen molar-refractivity contribution in [3.63, 3.8) is 0 Å². The van der Waals surface area contributed by atoms with Gasteiger partial charge >= 0.3 is 0 Å². The van der Waals surface area contributed by atoms with Crippen LogP contribution < -0.4 is 15.8 Å². The molecule has 7 heteroatoms. The van der Waals surface area contributed by atoms with E-state index in [0.717, 1.165) is 0 Å². The zero-order valence-corrected chi connectivity index (χ0v) is 12.0. The number of amides is 1. The summed E-state index contributed by atoms with van der Waals surface area (Å²) in [5, 5.41) is 3.28. The lowest BCUT2D eigenvalue weighted by molar-refractivity contribution is 0.102. The van der Waals surface area contributed by atoms with E-state index < -0.39 is 5.91 Å². The van der Waals surface area contributed by atoms with Crippen LogP contribution in [-0.2, 0) is 0 Å². The number of carbonyl (C=O) groups is 1. The molecule has 0 aliphatic carbocycles. The Hall–Kier alpha value is -1.98. The number of anilines is 2. The van der Waals surface area contributed by atoms with Crippen molar-refractivity contribution in [2.75, 3.05) is 18.2 Å². The normalized spacial score (nSPS) is 10.2. The third-order valence-corrected chi connectivity index (χ3v) is 3.13. The SMILES string of the molecule is COc1ccc(NC(=O)c2cc(N)ncc2Cl)cc1Cl. The van der Waals surface area contributed by atoms with Crippen molar-refractivity contribution in [3.05, 3.63) is 46.1 Å². The molecule has 0 spiro atoms. The Morgan fingerprint density at radius 2 is 2.05 bits per heavy atom. The molecule has 0 aliphatic heterocycles. The fourth-order valence-corrected chi connectivity index (χ4v) is 2.02. The van der Waals surface area contributed by atoms with Crippen LogP contribution >= 0.6 is 23.2 Å². The highest BCUT2D eigenvalue weighted by atomic mass is 35.5. The first-order valence-electron chi connectivity index (χ1n) is 5.57. The summed E-state index contributed by atoms with van der Waals surface area (Å²) in [6.07, 6.45) is 1.33. The van der Waals surface area contributed by atoms with Gasteiger partial charge in [-0.15, -0.1) is 0 Å². The highest BCUT2D eigenvalue weighted by Gasteiger charge is 2.12. The molecule has 0 atom stereocenters. The highest BCUT2D eigenvalue weighted by Crippen LogP contribution is 2.27. The average Bonchev–Trinajstić information content (AvgIpc) is 2.41. The van der Waals surface area contributed by atoms with Gasteiger partial charge in [0.15, 0.2) is 0 Å². The summed E-state index contributed by atoms with van der Waals surface area (Å²) in [5.41, 5.74) is 6.30. The third kappa shape index (κ3) is 3.12. The number of aromatic nitrogens is 1. The summed E-state index contributed by atoms with van der Waals surface area (Å²) < 4.78 is 5.03. The van der Waals surface area contributed by atoms with Crippen LogP contribution in [0.4, 0.5) is 11.5 Å². The molecule has 20 heavy (non-hydrogen) atoms. The highest BCUT2D eigenvalue weighted by molar-refractivity contribution is 6.34. The van der Waals surface area contributed by atoms with Crippen LogP contribution in [0.5, 0.6) is 5.75 Å². The number of methoxy groups -OCH3 is 1.